The summed E-state index contributed by atoms with van der Waals surface area (Å²) in [6.07, 6.45) is 2.76. The Morgan fingerprint density at radius 2 is 2.37 bits per heavy atom. The fraction of sp³-hybridized carbons (Fsp3) is 0.769. The van der Waals surface area contributed by atoms with Crippen molar-refractivity contribution in [2.75, 3.05) is 27.2 Å². The molecule has 6 heteroatoms. The fourth-order valence-electron chi connectivity index (χ4n) is 2.51. The molecule has 1 aliphatic rings. The molecule has 0 spiro atoms. The Labute approximate surface area is 119 Å². The van der Waals surface area contributed by atoms with E-state index in [-0.39, 0.29) is 12.1 Å². The van der Waals surface area contributed by atoms with E-state index in [1.807, 2.05) is 18.8 Å². The van der Waals surface area contributed by atoms with Gasteiger partial charge in [-0.25, -0.2) is 0 Å². The molecule has 1 aromatic rings. The highest BCUT2D eigenvalue weighted by Crippen LogP contribution is 2.32. The van der Waals surface area contributed by atoms with Crippen LogP contribution >= 0.6 is 11.6 Å². The minimum absolute atomic E-state index is 0.0345. The van der Waals surface area contributed by atoms with Crippen molar-refractivity contribution < 1.29 is 4.74 Å². The van der Waals surface area contributed by atoms with Gasteiger partial charge in [-0.05, 0) is 26.4 Å². The summed E-state index contributed by atoms with van der Waals surface area (Å²) in [6, 6.07) is -0.213. The van der Waals surface area contributed by atoms with Crippen molar-refractivity contribution in [3.63, 3.8) is 0 Å². The van der Waals surface area contributed by atoms with Gasteiger partial charge in [-0.2, -0.15) is 5.10 Å². The van der Waals surface area contributed by atoms with E-state index in [4.69, 9.17) is 22.1 Å². The molecule has 0 aliphatic carbocycles. The molecule has 2 heterocycles. The molecular formula is C13H23ClN4O. The number of likely N-dealkylation sites (N-methyl/N-ethyl adjacent to an activating group) is 1. The van der Waals surface area contributed by atoms with Crippen molar-refractivity contribution in [2.24, 2.45) is 11.7 Å². The Bertz CT molecular complexity index is 421. The second-order valence-corrected chi connectivity index (χ2v) is 5.94. The summed E-state index contributed by atoms with van der Waals surface area (Å²) in [6.45, 7) is 4.64. The van der Waals surface area contributed by atoms with E-state index < -0.39 is 0 Å². The lowest BCUT2D eigenvalue weighted by Gasteiger charge is -2.24. The number of rotatable bonds is 5. The van der Waals surface area contributed by atoms with Crippen molar-refractivity contribution in [1.29, 1.82) is 0 Å². The number of ether oxygens (including phenoxy) is 1. The van der Waals surface area contributed by atoms with Gasteiger partial charge >= 0.3 is 0 Å². The topological polar surface area (TPSA) is 56.3 Å². The van der Waals surface area contributed by atoms with Crippen LogP contribution in [0, 0.1) is 5.92 Å². The van der Waals surface area contributed by atoms with Crippen LogP contribution in [0.25, 0.3) is 0 Å². The standard InChI is InChI=1S/C13H23ClN4O/c1-9-4-7-19-13(9)11(15)12-10(14)8-16-18(12)6-5-17(2)3/h8-9,11,13H,4-7,15H2,1-3H3. The van der Waals surface area contributed by atoms with E-state index in [0.717, 1.165) is 31.8 Å². The maximum atomic E-state index is 6.36. The summed E-state index contributed by atoms with van der Waals surface area (Å²) in [4.78, 5) is 2.11. The molecule has 0 amide bonds. The largest absolute Gasteiger partial charge is 0.376 e. The second kappa shape index (κ2) is 6.22. The van der Waals surface area contributed by atoms with Gasteiger partial charge in [0.15, 0.2) is 0 Å². The minimum atomic E-state index is -0.213. The second-order valence-electron chi connectivity index (χ2n) is 5.53. The van der Waals surface area contributed by atoms with Gasteiger partial charge in [0.25, 0.3) is 0 Å². The van der Waals surface area contributed by atoms with E-state index in [9.17, 15) is 0 Å². The van der Waals surface area contributed by atoms with Crippen LogP contribution in [0.15, 0.2) is 6.20 Å². The van der Waals surface area contributed by atoms with Crippen LogP contribution in [0.5, 0.6) is 0 Å². The van der Waals surface area contributed by atoms with Crippen LogP contribution in [0.3, 0.4) is 0 Å². The lowest BCUT2D eigenvalue weighted by atomic mass is 9.96. The van der Waals surface area contributed by atoms with Crippen molar-refractivity contribution in [3.8, 4) is 0 Å². The summed E-state index contributed by atoms with van der Waals surface area (Å²) < 4.78 is 7.66. The average Bonchev–Trinajstić information content (AvgIpc) is 2.92. The van der Waals surface area contributed by atoms with Gasteiger partial charge in [-0.1, -0.05) is 18.5 Å². The molecule has 1 saturated heterocycles. The molecule has 1 aromatic heterocycles. The van der Waals surface area contributed by atoms with Gasteiger partial charge in [0.05, 0.1) is 35.6 Å². The molecule has 0 radical (unpaired) electrons. The summed E-state index contributed by atoms with van der Waals surface area (Å²) in [5.41, 5.74) is 7.25. The number of aromatic nitrogens is 2. The lowest BCUT2D eigenvalue weighted by molar-refractivity contribution is 0.0699. The van der Waals surface area contributed by atoms with Crippen LogP contribution in [0.2, 0.25) is 5.02 Å². The van der Waals surface area contributed by atoms with E-state index in [2.05, 4.69) is 16.9 Å². The quantitative estimate of drug-likeness (QED) is 0.892. The number of hydrogen-bond acceptors (Lipinski definition) is 4. The van der Waals surface area contributed by atoms with Crippen LogP contribution in [-0.2, 0) is 11.3 Å². The maximum Gasteiger partial charge on any atom is 0.0835 e. The van der Waals surface area contributed by atoms with Crippen LogP contribution in [0.4, 0.5) is 0 Å². The molecule has 1 aliphatic heterocycles. The van der Waals surface area contributed by atoms with Crippen molar-refractivity contribution in [1.82, 2.24) is 14.7 Å². The first-order valence-corrected chi connectivity index (χ1v) is 7.11. The molecule has 5 nitrogen and oxygen atoms in total. The molecule has 0 saturated carbocycles. The highest BCUT2D eigenvalue weighted by molar-refractivity contribution is 6.31. The first-order chi connectivity index (χ1) is 9.00. The maximum absolute atomic E-state index is 6.36. The fourth-order valence-corrected chi connectivity index (χ4v) is 2.78. The Kier molecular flexibility index (Phi) is 4.84. The van der Waals surface area contributed by atoms with Gasteiger partial charge in [-0.3, -0.25) is 4.68 Å². The zero-order valence-corrected chi connectivity index (χ0v) is 12.6. The van der Waals surface area contributed by atoms with Gasteiger partial charge in [0.2, 0.25) is 0 Å². The molecule has 3 unspecified atom stereocenters. The van der Waals surface area contributed by atoms with Gasteiger partial charge in [0, 0.05) is 13.2 Å². The highest BCUT2D eigenvalue weighted by Gasteiger charge is 2.33. The third kappa shape index (κ3) is 3.28. The van der Waals surface area contributed by atoms with Gasteiger partial charge in [-0.15, -0.1) is 0 Å². The van der Waals surface area contributed by atoms with E-state index >= 15 is 0 Å². The zero-order chi connectivity index (χ0) is 14.0. The lowest BCUT2D eigenvalue weighted by Crippen LogP contribution is -2.33. The predicted molar refractivity (Wildman–Crippen MR) is 76.2 cm³/mol. The first kappa shape index (κ1) is 14.8. The molecule has 3 atom stereocenters. The third-order valence-corrected chi connectivity index (χ3v) is 4.00. The summed E-state index contributed by atoms with van der Waals surface area (Å²) in [5, 5.41) is 4.96. The predicted octanol–water partition coefficient (Wildman–Crippen LogP) is 1.52. The highest BCUT2D eigenvalue weighted by atomic mass is 35.5. The average molecular weight is 287 g/mol. The molecule has 2 N–H and O–H groups in total. The van der Waals surface area contributed by atoms with Crippen LogP contribution < -0.4 is 5.73 Å². The summed E-state index contributed by atoms with van der Waals surface area (Å²) in [5.74, 6) is 0.461. The van der Waals surface area contributed by atoms with E-state index in [1.165, 1.54) is 0 Å². The van der Waals surface area contributed by atoms with Crippen LogP contribution in [0.1, 0.15) is 25.1 Å². The van der Waals surface area contributed by atoms with Crippen LogP contribution in [-0.4, -0.2) is 48.0 Å². The number of hydrogen-bond donors (Lipinski definition) is 1. The molecule has 0 aromatic carbocycles. The SMILES string of the molecule is CC1CCOC1C(N)c1c(Cl)cnn1CCN(C)C. The van der Waals surface area contributed by atoms with E-state index in [1.54, 1.807) is 6.20 Å². The molecule has 108 valence electrons. The minimum Gasteiger partial charge on any atom is -0.376 e. The number of nitrogens with zero attached hydrogens (tertiary/aromatic N) is 3. The van der Waals surface area contributed by atoms with Gasteiger partial charge < -0.3 is 15.4 Å². The number of nitrogens with two attached hydrogens (primary N) is 1. The number of halogens is 1. The van der Waals surface area contributed by atoms with Crippen molar-refractivity contribution in [2.45, 2.75) is 32.0 Å². The Hall–Kier alpha value is -0.620. The van der Waals surface area contributed by atoms with E-state index in [0.29, 0.717) is 10.9 Å². The Morgan fingerprint density at radius 3 is 2.95 bits per heavy atom. The Morgan fingerprint density at radius 1 is 1.63 bits per heavy atom. The molecule has 0 bridgehead atoms. The summed E-state index contributed by atoms with van der Waals surface area (Å²) in [7, 11) is 4.07. The summed E-state index contributed by atoms with van der Waals surface area (Å²) >= 11 is 6.25. The molecule has 1 fully saturated rings. The first-order valence-electron chi connectivity index (χ1n) is 6.73. The van der Waals surface area contributed by atoms with Gasteiger partial charge in [0.1, 0.15) is 0 Å². The zero-order valence-electron chi connectivity index (χ0n) is 11.8. The monoisotopic (exact) mass is 286 g/mol. The smallest absolute Gasteiger partial charge is 0.0835 e. The van der Waals surface area contributed by atoms with Crippen molar-refractivity contribution in [3.05, 3.63) is 16.9 Å². The molecular weight excluding hydrogens is 264 g/mol. The third-order valence-electron chi connectivity index (χ3n) is 3.71. The normalized spacial score (nSPS) is 25.2. The Balaban J connectivity index is 2.15. The molecule has 19 heavy (non-hydrogen) atoms. The van der Waals surface area contributed by atoms with Crippen molar-refractivity contribution >= 4 is 11.6 Å². The molecule has 2 rings (SSSR count).